The van der Waals surface area contributed by atoms with Gasteiger partial charge in [-0.15, -0.1) is 0 Å². The number of esters is 1. The monoisotopic (exact) mass is 517 g/mol. The van der Waals surface area contributed by atoms with Crippen molar-refractivity contribution in [2.75, 3.05) is 13.4 Å². The zero-order valence-electron chi connectivity index (χ0n) is 20.7. The van der Waals surface area contributed by atoms with Gasteiger partial charge in [-0.25, -0.2) is 9.79 Å². The molecule has 0 saturated heterocycles. The maximum absolute atomic E-state index is 13.1. The fraction of sp³-hybridized carbons (Fsp3) is 0.250. The predicted molar refractivity (Wildman–Crippen MR) is 142 cm³/mol. The first kappa shape index (κ1) is 24.7. The minimum absolute atomic E-state index is 0.104. The summed E-state index contributed by atoms with van der Waals surface area (Å²) < 4.78 is 16.2. The zero-order chi connectivity index (χ0) is 25.9. The number of hydrogen-bond donors (Lipinski definition) is 1. The van der Waals surface area contributed by atoms with E-state index in [-0.39, 0.29) is 25.7 Å². The number of allylic oxidation sites excluding steroid dienone is 1. The third kappa shape index (κ3) is 5.13. The van der Waals surface area contributed by atoms with E-state index in [4.69, 9.17) is 14.2 Å². The topological polar surface area (TPSA) is 89.5 Å². The second-order valence-electron chi connectivity index (χ2n) is 8.84. The third-order valence-corrected chi connectivity index (χ3v) is 7.07. The number of benzene rings is 2. The van der Waals surface area contributed by atoms with Gasteiger partial charge in [-0.1, -0.05) is 60.3 Å². The Morgan fingerprint density at radius 2 is 2.05 bits per heavy atom. The lowest BCUT2D eigenvalue weighted by Gasteiger charge is -2.36. The molecule has 37 heavy (non-hydrogen) atoms. The molecule has 1 unspecified atom stereocenters. The Balaban J connectivity index is 1.37. The molecule has 9 heteroatoms. The Bertz CT molecular complexity index is 1360. The van der Waals surface area contributed by atoms with Gasteiger partial charge in [0.05, 0.1) is 23.7 Å². The van der Waals surface area contributed by atoms with Crippen LogP contribution in [0, 0.1) is 6.92 Å². The van der Waals surface area contributed by atoms with E-state index in [2.05, 4.69) is 16.9 Å². The molecule has 2 aromatic carbocycles. The first-order chi connectivity index (χ1) is 17.9. The third-order valence-electron chi connectivity index (χ3n) is 6.18. The molecule has 0 fully saturated rings. The Morgan fingerprint density at radius 1 is 1.22 bits per heavy atom. The van der Waals surface area contributed by atoms with Gasteiger partial charge in [0.2, 0.25) is 12.7 Å². The van der Waals surface area contributed by atoms with Crippen LogP contribution in [0.15, 0.2) is 82.5 Å². The van der Waals surface area contributed by atoms with Crippen molar-refractivity contribution in [1.29, 1.82) is 0 Å². The van der Waals surface area contributed by atoms with Gasteiger partial charge in [0.1, 0.15) is 6.61 Å². The van der Waals surface area contributed by atoms with Gasteiger partial charge in [0.15, 0.2) is 16.7 Å². The van der Waals surface area contributed by atoms with E-state index in [0.717, 1.165) is 27.6 Å². The van der Waals surface area contributed by atoms with Crippen molar-refractivity contribution in [3.63, 3.8) is 0 Å². The summed E-state index contributed by atoms with van der Waals surface area (Å²) in [5.74, 6) is 0.786. The Morgan fingerprint density at radius 3 is 2.86 bits per heavy atom. The number of rotatable bonds is 8. The predicted octanol–water partition coefficient (Wildman–Crippen LogP) is 4.73. The minimum Gasteiger partial charge on any atom is -0.458 e. The molecule has 190 valence electrons. The van der Waals surface area contributed by atoms with Gasteiger partial charge in [0.25, 0.3) is 0 Å². The average Bonchev–Trinajstić information content (AvgIpc) is 3.51. The first-order valence-corrected chi connectivity index (χ1v) is 12.8. The number of ether oxygens (including phenoxy) is 3. The molecule has 0 radical (unpaired) electrons. The van der Waals surface area contributed by atoms with Crippen LogP contribution < -0.4 is 14.8 Å². The molecule has 1 atom stereocenters. The molecule has 1 amide bonds. The standard InChI is InChI=1S/C28H27N3O5S/c1-4-10-34-27(33)25-18(3)30-28-31(26(25)20-7-5-6-17(2)11-20)21(15-37-28)13-24(32)29-14-19-8-9-22-23(12-19)36-16-35-22/h4-9,11-12,15,26H,1,10,13-14,16H2,2-3H3,(H,29,32). The molecule has 5 rings (SSSR count). The lowest BCUT2D eigenvalue weighted by Crippen LogP contribution is -2.38. The number of fused-ring (bicyclic) bond motifs is 2. The average molecular weight is 518 g/mol. The van der Waals surface area contributed by atoms with Gasteiger partial charge in [0, 0.05) is 12.2 Å². The van der Waals surface area contributed by atoms with Crippen molar-refractivity contribution in [2.24, 2.45) is 4.99 Å². The van der Waals surface area contributed by atoms with Crippen molar-refractivity contribution < 1.29 is 23.8 Å². The van der Waals surface area contributed by atoms with Crippen LogP contribution in [0.4, 0.5) is 0 Å². The molecule has 0 bridgehead atoms. The van der Waals surface area contributed by atoms with Gasteiger partial charge in [-0.3, -0.25) is 4.79 Å². The van der Waals surface area contributed by atoms with Crippen molar-refractivity contribution in [3.05, 3.63) is 94.2 Å². The zero-order valence-corrected chi connectivity index (χ0v) is 21.5. The highest BCUT2D eigenvalue weighted by Gasteiger charge is 2.41. The lowest BCUT2D eigenvalue weighted by molar-refractivity contribution is -0.138. The lowest BCUT2D eigenvalue weighted by atomic mass is 9.93. The van der Waals surface area contributed by atoms with Crippen molar-refractivity contribution in [1.82, 2.24) is 10.2 Å². The van der Waals surface area contributed by atoms with Gasteiger partial charge >= 0.3 is 5.97 Å². The molecule has 3 aliphatic rings. The van der Waals surface area contributed by atoms with Crippen LogP contribution in [-0.4, -0.2) is 35.3 Å². The minimum atomic E-state index is -0.465. The fourth-order valence-corrected chi connectivity index (χ4v) is 5.44. The largest absolute Gasteiger partial charge is 0.458 e. The molecule has 0 aromatic heterocycles. The highest BCUT2D eigenvalue weighted by atomic mass is 32.2. The fourth-order valence-electron chi connectivity index (χ4n) is 4.48. The van der Waals surface area contributed by atoms with E-state index < -0.39 is 12.0 Å². The Kier molecular flexibility index (Phi) is 7.05. The summed E-state index contributed by atoms with van der Waals surface area (Å²) in [6, 6.07) is 13.1. The summed E-state index contributed by atoms with van der Waals surface area (Å²) >= 11 is 1.44. The highest BCUT2D eigenvalue weighted by molar-refractivity contribution is 8.16. The summed E-state index contributed by atoms with van der Waals surface area (Å²) in [6.45, 7) is 8.12. The van der Waals surface area contributed by atoms with Crippen LogP contribution in [0.1, 0.15) is 36.1 Å². The molecule has 1 N–H and O–H groups in total. The molecule has 0 aliphatic carbocycles. The second kappa shape index (κ2) is 10.6. The van der Waals surface area contributed by atoms with Gasteiger partial charge in [-0.05, 0) is 42.5 Å². The van der Waals surface area contributed by atoms with Crippen molar-refractivity contribution in [3.8, 4) is 11.5 Å². The van der Waals surface area contributed by atoms with Gasteiger partial charge in [-0.2, -0.15) is 0 Å². The molecule has 0 saturated carbocycles. The van der Waals surface area contributed by atoms with E-state index in [0.29, 0.717) is 29.3 Å². The van der Waals surface area contributed by atoms with Crippen LogP contribution in [0.25, 0.3) is 0 Å². The van der Waals surface area contributed by atoms with Crippen LogP contribution in [0.5, 0.6) is 11.5 Å². The number of carbonyl (C=O) groups excluding carboxylic acids is 2. The van der Waals surface area contributed by atoms with E-state index in [9.17, 15) is 9.59 Å². The maximum atomic E-state index is 13.1. The van der Waals surface area contributed by atoms with Crippen LogP contribution >= 0.6 is 11.8 Å². The number of aryl methyl sites for hydroxylation is 1. The second-order valence-corrected chi connectivity index (χ2v) is 9.67. The summed E-state index contributed by atoms with van der Waals surface area (Å²) in [5.41, 5.74) is 4.71. The number of amidine groups is 1. The van der Waals surface area contributed by atoms with Crippen LogP contribution in [0.2, 0.25) is 0 Å². The number of thioether (sulfide) groups is 1. The van der Waals surface area contributed by atoms with Crippen LogP contribution in [-0.2, 0) is 20.9 Å². The first-order valence-electron chi connectivity index (χ1n) is 11.9. The molecule has 3 heterocycles. The maximum Gasteiger partial charge on any atom is 0.338 e. The van der Waals surface area contributed by atoms with E-state index >= 15 is 0 Å². The molecule has 3 aliphatic heterocycles. The normalized spacial score (nSPS) is 17.7. The SMILES string of the molecule is C=CCOC(=O)C1=C(C)N=C2SC=C(CC(=O)NCc3ccc4c(c3)OCO4)N2C1c1cccc(C)c1. The van der Waals surface area contributed by atoms with Crippen molar-refractivity contribution >= 4 is 28.8 Å². The van der Waals surface area contributed by atoms with E-state index in [1.165, 1.54) is 17.8 Å². The molecular formula is C28H27N3O5S. The molecule has 0 spiro atoms. The molecule has 2 aromatic rings. The number of amides is 1. The Labute approximate surface area is 219 Å². The number of hydrogen-bond acceptors (Lipinski definition) is 8. The number of nitrogens with one attached hydrogen (secondary N) is 1. The van der Waals surface area contributed by atoms with Crippen molar-refractivity contribution in [2.45, 2.75) is 32.9 Å². The summed E-state index contributed by atoms with van der Waals surface area (Å²) in [4.78, 5) is 32.8. The number of carbonyl (C=O) groups is 2. The highest BCUT2D eigenvalue weighted by Crippen LogP contribution is 2.45. The van der Waals surface area contributed by atoms with E-state index in [1.807, 2.05) is 66.6 Å². The molecular weight excluding hydrogens is 490 g/mol. The molecule has 8 nitrogen and oxygen atoms in total. The number of aliphatic imine (C=N–C) groups is 1. The summed E-state index contributed by atoms with van der Waals surface area (Å²) in [5, 5.41) is 5.63. The van der Waals surface area contributed by atoms with Crippen LogP contribution in [0.3, 0.4) is 0 Å². The van der Waals surface area contributed by atoms with Gasteiger partial charge < -0.3 is 24.4 Å². The van der Waals surface area contributed by atoms with E-state index in [1.54, 1.807) is 0 Å². The summed E-state index contributed by atoms with van der Waals surface area (Å²) in [7, 11) is 0. The Hall–Kier alpha value is -3.98. The number of nitrogens with zero attached hydrogens (tertiary/aromatic N) is 2. The smallest absolute Gasteiger partial charge is 0.338 e. The summed E-state index contributed by atoms with van der Waals surface area (Å²) in [6.07, 6.45) is 1.67. The quantitative estimate of drug-likeness (QED) is 0.400.